The van der Waals surface area contributed by atoms with Crippen molar-refractivity contribution in [3.8, 4) is 0 Å². The summed E-state index contributed by atoms with van der Waals surface area (Å²) in [6, 6.07) is 1.29. The first-order valence-corrected chi connectivity index (χ1v) is 6.75. The van der Waals surface area contributed by atoms with Crippen LogP contribution in [0.2, 0.25) is 0 Å². The number of benzene rings is 1. The van der Waals surface area contributed by atoms with Gasteiger partial charge in [0, 0.05) is 17.7 Å². The molecule has 1 saturated carbocycles. The van der Waals surface area contributed by atoms with Crippen molar-refractivity contribution in [3.05, 3.63) is 43.5 Å². The minimum absolute atomic E-state index is 0.0782. The molecule has 1 aliphatic carbocycles. The molecule has 0 atom stereocenters. The van der Waals surface area contributed by atoms with Gasteiger partial charge in [-0.1, -0.05) is 0 Å². The van der Waals surface area contributed by atoms with Crippen molar-refractivity contribution >= 4 is 17.3 Å². The number of rotatable bonds is 6. The minimum Gasteiger partial charge on any atom is -0.330 e. The van der Waals surface area contributed by atoms with Crippen LogP contribution in [0.5, 0.6) is 0 Å². The number of nitrogens with zero attached hydrogens (tertiary/aromatic N) is 3. The van der Waals surface area contributed by atoms with Crippen LogP contribution in [-0.2, 0) is 0 Å². The summed E-state index contributed by atoms with van der Waals surface area (Å²) in [5.74, 6) is -0.850. The first-order chi connectivity index (χ1) is 10.7. The van der Waals surface area contributed by atoms with Gasteiger partial charge in [-0.05, 0) is 19.8 Å². The molecule has 0 bridgehead atoms. The van der Waals surface area contributed by atoms with Crippen LogP contribution >= 0.6 is 0 Å². The van der Waals surface area contributed by atoms with Gasteiger partial charge in [-0.3, -0.25) is 25.0 Å². The number of carbonyl (C=O) groups is 1. The van der Waals surface area contributed by atoms with E-state index in [0.717, 1.165) is 17.0 Å². The van der Waals surface area contributed by atoms with Crippen LogP contribution < -0.4 is 0 Å². The lowest BCUT2D eigenvalue weighted by atomic mass is 10.0. The zero-order valence-corrected chi connectivity index (χ0v) is 12.1. The van der Waals surface area contributed by atoms with E-state index < -0.39 is 40.1 Å². The predicted molar refractivity (Wildman–Crippen MR) is 74.6 cm³/mol. The van der Waals surface area contributed by atoms with E-state index in [2.05, 4.69) is 0 Å². The molecule has 0 saturated heterocycles. The van der Waals surface area contributed by atoms with Crippen molar-refractivity contribution in [3.63, 3.8) is 0 Å². The number of hydrogen-bond donors (Lipinski definition) is 0. The molecule has 0 aliphatic heterocycles. The smallest absolute Gasteiger partial charge is 0.279 e. The Morgan fingerprint density at radius 3 is 2.35 bits per heavy atom. The highest BCUT2D eigenvalue weighted by Crippen LogP contribution is 2.33. The van der Waals surface area contributed by atoms with Gasteiger partial charge in [0.1, 0.15) is 0 Å². The predicted octanol–water partition coefficient (Wildman–Crippen LogP) is 2.68. The van der Waals surface area contributed by atoms with Crippen LogP contribution in [0.1, 0.15) is 28.8 Å². The van der Waals surface area contributed by atoms with E-state index in [1.54, 1.807) is 0 Å². The maximum Gasteiger partial charge on any atom is 0.279 e. The number of non-ortho nitro benzene ring substituents is 1. The summed E-state index contributed by atoms with van der Waals surface area (Å²) in [7, 11) is 0. The highest BCUT2D eigenvalue weighted by molar-refractivity contribution is 5.97. The van der Waals surface area contributed by atoms with Crippen molar-refractivity contribution in [1.29, 1.82) is 0 Å². The molecule has 1 aromatic rings. The molecule has 0 heterocycles. The fourth-order valence-corrected chi connectivity index (χ4v) is 2.29. The lowest BCUT2D eigenvalue weighted by molar-refractivity contribution is -0.394. The van der Waals surface area contributed by atoms with Gasteiger partial charge in [0.2, 0.25) is 0 Å². The molecule has 23 heavy (non-hydrogen) atoms. The molecule has 0 aromatic heterocycles. The van der Waals surface area contributed by atoms with Gasteiger partial charge in [-0.15, -0.1) is 0 Å². The number of alkyl halides is 2. The molecule has 10 heteroatoms. The number of nitro groups is 2. The maximum atomic E-state index is 12.7. The molecule has 8 nitrogen and oxygen atoms in total. The van der Waals surface area contributed by atoms with E-state index in [1.807, 2.05) is 0 Å². The quantitative estimate of drug-likeness (QED) is 0.589. The summed E-state index contributed by atoms with van der Waals surface area (Å²) < 4.78 is 25.3. The lowest BCUT2D eigenvalue weighted by Crippen LogP contribution is -2.37. The summed E-state index contributed by atoms with van der Waals surface area (Å²) in [6.45, 7) is 0.460. The third-order valence-electron chi connectivity index (χ3n) is 3.59. The Kier molecular flexibility index (Phi) is 4.52. The number of carbonyl (C=O) groups excluding carboxylic acids is 1. The molecule has 1 amide bonds. The number of hydrogen-bond acceptors (Lipinski definition) is 5. The SMILES string of the molecule is Cc1c(C(=O)N(CC(F)F)C2CC2)cc([N+](=O)[O-])cc1[N+](=O)[O-]. The molecular weight excluding hydrogens is 316 g/mol. The average molecular weight is 329 g/mol. The summed E-state index contributed by atoms with van der Waals surface area (Å²) in [4.78, 5) is 33.6. The molecule has 0 radical (unpaired) electrons. The van der Waals surface area contributed by atoms with E-state index in [9.17, 15) is 33.8 Å². The summed E-state index contributed by atoms with van der Waals surface area (Å²) in [6.07, 6.45) is -1.63. The largest absolute Gasteiger partial charge is 0.330 e. The molecule has 1 fully saturated rings. The molecule has 0 N–H and O–H groups in total. The molecule has 124 valence electrons. The number of amides is 1. The van der Waals surface area contributed by atoms with Gasteiger partial charge < -0.3 is 4.90 Å². The maximum absolute atomic E-state index is 12.7. The Morgan fingerprint density at radius 1 is 1.30 bits per heavy atom. The zero-order valence-electron chi connectivity index (χ0n) is 12.1. The normalized spacial score (nSPS) is 13.9. The Bertz CT molecular complexity index is 676. The summed E-state index contributed by atoms with van der Waals surface area (Å²) in [5.41, 5.74) is -1.59. The van der Waals surface area contributed by atoms with Gasteiger partial charge >= 0.3 is 0 Å². The molecule has 0 unspecified atom stereocenters. The van der Waals surface area contributed by atoms with Crippen LogP contribution in [0.25, 0.3) is 0 Å². The lowest BCUT2D eigenvalue weighted by Gasteiger charge is -2.22. The standard InChI is InChI=1S/C13H13F2N3O5/c1-7-10(4-9(17(20)21)5-11(7)18(22)23)13(19)16(6-12(14)15)8-2-3-8/h4-5,8,12H,2-3,6H2,1H3. The van der Waals surface area contributed by atoms with E-state index in [4.69, 9.17) is 0 Å². The monoisotopic (exact) mass is 329 g/mol. The van der Waals surface area contributed by atoms with Crippen LogP contribution in [-0.4, -0.2) is 39.7 Å². The molecule has 0 spiro atoms. The zero-order chi connectivity index (χ0) is 17.3. The highest BCUT2D eigenvalue weighted by Gasteiger charge is 2.36. The third kappa shape index (κ3) is 3.58. The van der Waals surface area contributed by atoms with Crippen LogP contribution in [0.4, 0.5) is 20.2 Å². The Morgan fingerprint density at radius 2 is 1.91 bits per heavy atom. The topological polar surface area (TPSA) is 107 Å². The fraction of sp³-hybridized carbons (Fsp3) is 0.462. The third-order valence-corrected chi connectivity index (χ3v) is 3.59. The van der Waals surface area contributed by atoms with E-state index >= 15 is 0 Å². The van der Waals surface area contributed by atoms with Crippen LogP contribution in [0, 0.1) is 27.2 Å². The molecule has 1 aromatic carbocycles. The second kappa shape index (κ2) is 6.23. The van der Waals surface area contributed by atoms with Gasteiger partial charge in [-0.2, -0.15) is 0 Å². The Hall–Kier alpha value is -2.65. The molecule has 2 rings (SSSR count). The van der Waals surface area contributed by atoms with Crippen molar-refractivity contribution in [2.45, 2.75) is 32.2 Å². The molecular formula is C13H13F2N3O5. The van der Waals surface area contributed by atoms with Gasteiger partial charge in [0.25, 0.3) is 23.7 Å². The first-order valence-electron chi connectivity index (χ1n) is 6.75. The van der Waals surface area contributed by atoms with Crippen molar-refractivity contribution < 1.29 is 23.4 Å². The summed E-state index contributed by atoms with van der Waals surface area (Å²) >= 11 is 0. The van der Waals surface area contributed by atoms with Gasteiger partial charge in [0.05, 0.1) is 28.0 Å². The fourth-order valence-electron chi connectivity index (χ4n) is 2.29. The van der Waals surface area contributed by atoms with Crippen LogP contribution in [0.15, 0.2) is 12.1 Å². The van der Waals surface area contributed by atoms with Crippen LogP contribution in [0.3, 0.4) is 0 Å². The first kappa shape index (κ1) is 16.7. The van der Waals surface area contributed by atoms with Crippen molar-refractivity contribution in [2.75, 3.05) is 6.54 Å². The van der Waals surface area contributed by atoms with Crippen molar-refractivity contribution in [1.82, 2.24) is 4.90 Å². The Balaban J connectivity index is 2.49. The van der Waals surface area contributed by atoms with Crippen molar-refractivity contribution in [2.24, 2.45) is 0 Å². The van der Waals surface area contributed by atoms with Gasteiger partial charge in [0.15, 0.2) is 0 Å². The molecule has 1 aliphatic rings. The minimum atomic E-state index is -2.76. The van der Waals surface area contributed by atoms with E-state index in [0.29, 0.717) is 12.8 Å². The second-order valence-electron chi connectivity index (χ2n) is 5.23. The number of nitro benzene ring substituents is 2. The number of halogens is 2. The highest BCUT2D eigenvalue weighted by atomic mass is 19.3. The van der Waals surface area contributed by atoms with E-state index in [-0.39, 0.29) is 17.2 Å². The second-order valence-corrected chi connectivity index (χ2v) is 5.23. The average Bonchev–Trinajstić information content (AvgIpc) is 3.28. The van der Waals surface area contributed by atoms with E-state index in [1.165, 1.54) is 6.92 Å². The van der Waals surface area contributed by atoms with Gasteiger partial charge in [-0.25, -0.2) is 8.78 Å². The summed E-state index contributed by atoms with van der Waals surface area (Å²) in [5, 5.41) is 21.9. The Labute approximate surface area is 129 Å².